The second kappa shape index (κ2) is 5.43. The van der Waals surface area contributed by atoms with Crippen molar-refractivity contribution in [1.29, 1.82) is 0 Å². The summed E-state index contributed by atoms with van der Waals surface area (Å²) in [6.07, 6.45) is 1.53. The van der Waals surface area contributed by atoms with Gasteiger partial charge < -0.3 is 9.53 Å². The number of aldehydes is 1. The van der Waals surface area contributed by atoms with Gasteiger partial charge in [0.15, 0.2) is 0 Å². The molecule has 0 aromatic rings. The minimum atomic E-state index is -0.176. The van der Waals surface area contributed by atoms with E-state index in [4.69, 9.17) is 4.74 Å². The summed E-state index contributed by atoms with van der Waals surface area (Å²) in [5.41, 5.74) is 0. The number of rotatable bonds is 4. The van der Waals surface area contributed by atoms with Crippen molar-refractivity contribution in [3.63, 3.8) is 0 Å². The Labute approximate surface area is 96.9 Å². The Morgan fingerprint density at radius 1 is 1.56 bits per heavy atom. The number of hydrogen-bond acceptors (Lipinski definition) is 4. The second-order valence-electron chi connectivity index (χ2n) is 4.58. The van der Waals surface area contributed by atoms with Crippen LogP contribution in [0.2, 0.25) is 0 Å². The lowest BCUT2D eigenvalue weighted by atomic mass is 10.0. The van der Waals surface area contributed by atoms with Gasteiger partial charge in [-0.1, -0.05) is 0 Å². The molecule has 0 aromatic carbocycles. The Hall–Kier alpha value is -0.900. The lowest BCUT2D eigenvalue weighted by molar-refractivity contribution is -0.148. The molecular formula is C12H21NO3. The molecular weight excluding hydrogens is 206 g/mol. The van der Waals surface area contributed by atoms with Crippen LogP contribution < -0.4 is 0 Å². The average molecular weight is 227 g/mol. The fourth-order valence-corrected chi connectivity index (χ4v) is 2.61. The summed E-state index contributed by atoms with van der Waals surface area (Å²) in [6, 6.07) is 0.197. The molecule has 1 fully saturated rings. The SMILES string of the molecule is CCOC(=O)C1CC(C=O)N(C(C)C)C1C. The molecule has 4 heteroatoms. The zero-order chi connectivity index (χ0) is 12.3. The summed E-state index contributed by atoms with van der Waals surface area (Å²) in [5, 5.41) is 0. The summed E-state index contributed by atoms with van der Waals surface area (Å²) in [7, 11) is 0. The summed E-state index contributed by atoms with van der Waals surface area (Å²) < 4.78 is 5.04. The van der Waals surface area contributed by atoms with Crippen molar-refractivity contribution in [1.82, 2.24) is 4.90 Å². The lowest BCUT2D eigenvalue weighted by Gasteiger charge is -2.30. The maximum absolute atomic E-state index is 11.7. The first kappa shape index (κ1) is 13.2. The summed E-state index contributed by atoms with van der Waals surface area (Å²) in [5.74, 6) is -0.345. The van der Waals surface area contributed by atoms with Crippen molar-refractivity contribution in [2.45, 2.75) is 52.2 Å². The molecule has 0 radical (unpaired) electrons. The minimum Gasteiger partial charge on any atom is -0.466 e. The molecule has 1 heterocycles. The molecule has 1 saturated heterocycles. The van der Waals surface area contributed by atoms with Crippen molar-refractivity contribution in [2.75, 3.05) is 6.61 Å². The van der Waals surface area contributed by atoms with E-state index in [0.717, 1.165) is 6.29 Å². The van der Waals surface area contributed by atoms with Crippen molar-refractivity contribution in [3.8, 4) is 0 Å². The Bertz CT molecular complexity index is 265. The first-order valence-electron chi connectivity index (χ1n) is 5.92. The molecule has 0 N–H and O–H groups in total. The Morgan fingerprint density at radius 3 is 2.56 bits per heavy atom. The molecule has 4 nitrogen and oxygen atoms in total. The number of carbonyl (C=O) groups is 2. The third-order valence-electron chi connectivity index (χ3n) is 3.27. The topological polar surface area (TPSA) is 46.6 Å². The molecule has 1 aliphatic rings. The van der Waals surface area contributed by atoms with Crippen molar-refractivity contribution in [2.24, 2.45) is 5.92 Å². The van der Waals surface area contributed by atoms with Crippen LogP contribution in [0.15, 0.2) is 0 Å². The largest absolute Gasteiger partial charge is 0.466 e. The van der Waals surface area contributed by atoms with E-state index in [-0.39, 0.29) is 30.0 Å². The van der Waals surface area contributed by atoms with E-state index in [1.54, 1.807) is 6.92 Å². The zero-order valence-electron chi connectivity index (χ0n) is 10.5. The van der Waals surface area contributed by atoms with Crippen LogP contribution >= 0.6 is 0 Å². The van der Waals surface area contributed by atoms with Crippen LogP contribution in [-0.4, -0.2) is 41.9 Å². The molecule has 3 unspecified atom stereocenters. The highest BCUT2D eigenvalue weighted by atomic mass is 16.5. The molecule has 16 heavy (non-hydrogen) atoms. The van der Waals surface area contributed by atoms with Crippen LogP contribution in [0.3, 0.4) is 0 Å². The maximum atomic E-state index is 11.7. The predicted molar refractivity (Wildman–Crippen MR) is 61.0 cm³/mol. The highest BCUT2D eigenvalue weighted by Crippen LogP contribution is 2.31. The van der Waals surface area contributed by atoms with Crippen LogP contribution in [0.5, 0.6) is 0 Å². The van der Waals surface area contributed by atoms with Crippen molar-refractivity contribution >= 4 is 12.3 Å². The van der Waals surface area contributed by atoms with Gasteiger partial charge in [-0.15, -0.1) is 0 Å². The van der Waals surface area contributed by atoms with Gasteiger partial charge in [-0.2, -0.15) is 0 Å². The van der Waals surface area contributed by atoms with Crippen LogP contribution in [-0.2, 0) is 14.3 Å². The molecule has 0 aliphatic carbocycles. The predicted octanol–water partition coefficient (Wildman–Crippen LogP) is 1.24. The Morgan fingerprint density at radius 2 is 2.19 bits per heavy atom. The van der Waals surface area contributed by atoms with Crippen LogP contribution in [0.1, 0.15) is 34.1 Å². The third-order valence-corrected chi connectivity index (χ3v) is 3.27. The molecule has 92 valence electrons. The maximum Gasteiger partial charge on any atom is 0.310 e. The summed E-state index contributed by atoms with van der Waals surface area (Å²) in [4.78, 5) is 24.8. The van der Waals surface area contributed by atoms with E-state index in [1.165, 1.54) is 0 Å². The molecule has 1 rings (SSSR count). The molecule has 0 aromatic heterocycles. The molecule has 0 spiro atoms. The van der Waals surface area contributed by atoms with E-state index >= 15 is 0 Å². The van der Waals surface area contributed by atoms with Gasteiger partial charge in [0, 0.05) is 12.1 Å². The quantitative estimate of drug-likeness (QED) is 0.535. The zero-order valence-corrected chi connectivity index (χ0v) is 10.5. The van der Waals surface area contributed by atoms with Gasteiger partial charge in [0.2, 0.25) is 0 Å². The number of nitrogens with zero attached hydrogens (tertiary/aromatic N) is 1. The molecule has 0 bridgehead atoms. The highest BCUT2D eigenvalue weighted by Gasteiger charge is 2.43. The normalized spacial score (nSPS) is 30.7. The van der Waals surface area contributed by atoms with E-state index in [9.17, 15) is 9.59 Å². The monoisotopic (exact) mass is 227 g/mol. The van der Waals surface area contributed by atoms with Gasteiger partial charge in [0.25, 0.3) is 0 Å². The van der Waals surface area contributed by atoms with Gasteiger partial charge in [-0.3, -0.25) is 9.69 Å². The highest BCUT2D eigenvalue weighted by molar-refractivity contribution is 5.75. The Kier molecular flexibility index (Phi) is 4.47. The number of likely N-dealkylation sites (tertiary alicyclic amines) is 1. The smallest absolute Gasteiger partial charge is 0.310 e. The number of ether oxygens (including phenoxy) is 1. The van der Waals surface area contributed by atoms with Crippen LogP contribution in [0.25, 0.3) is 0 Å². The van der Waals surface area contributed by atoms with Gasteiger partial charge in [0.1, 0.15) is 6.29 Å². The molecule has 3 atom stereocenters. The van der Waals surface area contributed by atoms with Gasteiger partial charge in [-0.25, -0.2) is 0 Å². The van der Waals surface area contributed by atoms with E-state index < -0.39 is 0 Å². The average Bonchev–Trinajstić information content (AvgIpc) is 2.55. The van der Waals surface area contributed by atoms with Gasteiger partial charge in [-0.05, 0) is 34.1 Å². The molecule has 0 saturated carbocycles. The number of hydrogen-bond donors (Lipinski definition) is 0. The van der Waals surface area contributed by atoms with Crippen molar-refractivity contribution in [3.05, 3.63) is 0 Å². The fourth-order valence-electron chi connectivity index (χ4n) is 2.61. The van der Waals surface area contributed by atoms with E-state index in [1.807, 2.05) is 20.8 Å². The Balaban J connectivity index is 2.77. The minimum absolute atomic E-state index is 0.0780. The van der Waals surface area contributed by atoms with Crippen LogP contribution in [0, 0.1) is 5.92 Å². The van der Waals surface area contributed by atoms with Crippen LogP contribution in [0.4, 0.5) is 0 Å². The first-order valence-corrected chi connectivity index (χ1v) is 5.92. The van der Waals surface area contributed by atoms with Gasteiger partial charge >= 0.3 is 5.97 Å². The second-order valence-corrected chi connectivity index (χ2v) is 4.58. The van der Waals surface area contributed by atoms with Gasteiger partial charge in [0.05, 0.1) is 18.6 Å². The van der Waals surface area contributed by atoms with Crippen molar-refractivity contribution < 1.29 is 14.3 Å². The van der Waals surface area contributed by atoms with E-state index in [2.05, 4.69) is 4.90 Å². The molecule has 1 aliphatic heterocycles. The lowest BCUT2D eigenvalue weighted by Crippen LogP contribution is -2.42. The summed E-state index contributed by atoms with van der Waals surface area (Å²) in [6.45, 7) is 8.27. The first-order chi connectivity index (χ1) is 7.52. The van der Waals surface area contributed by atoms with E-state index in [0.29, 0.717) is 13.0 Å². The number of esters is 1. The fraction of sp³-hybridized carbons (Fsp3) is 0.833. The summed E-state index contributed by atoms with van der Waals surface area (Å²) >= 11 is 0. The molecule has 0 amide bonds. The standard InChI is InChI=1S/C12H21NO3/c1-5-16-12(15)11-6-10(7-14)13(8(2)3)9(11)4/h7-11H,5-6H2,1-4H3. The number of carbonyl (C=O) groups excluding carboxylic acids is 2. The third kappa shape index (κ3) is 2.43.